The van der Waals surface area contributed by atoms with Crippen molar-refractivity contribution in [2.45, 2.75) is 32.2 Å². The van der Waals surface area contributed by atoms with Gasteiger partial charge in [0.25, 0.3) is 0 Å². The van der Waals surface area contributed by atoms with Gasteiger partial charge < -0.3 is 21.1 Å². The standard InChI is InChI=1S/C11H21N3O3/c1-8(10(15)16)3-2-5-13-11(17)14-6-4-9(12)7-14/h8-9H,2-7,12H2,1H3,(H,13,17)(H,15,16). The Balaban J connectivity index is 2.10. The highest BCUT2D eigenvalue weighted by molar-refractivity contribution is 5.74. The van der Waals surface area contributed by atoms with Crippen molar-refractivity contribution in [1.82, 2.24) is 10.2 Å². The molecule has 6 heteroatoms. The number of carbonyl (C=O) groups is 2. The Morgan fingerprint density at radius 2 is 2.29 bits per heavy atom. The summed E-state index contributed by atoms with van der Waals surface area (Å²) < 4.78 is 0. The predicted octanol–water partition coefficient (Wildman–Crippen LogP) is 0.230. The lowest BCUT2D eigenvalue weighted by Crippen LogP contribution is -2.40. The Labute approximate surface area is 101 Å². The van der Waals surface area contributed by atoms with Crippen molar-refractivity contribution in [3.05, 3.63) is 0 Å². The van der Waals surface area contributed by atoms with Crippen LogP contribution in [-0.2, 0) is 4.79 Å². The van der Waals surface area contributed by atoms with E-state index in [2.05, 4.69) is 5.32 Å². The largest absolute Gasteiger partial charge is 0.481 e. The molecule has 0 spiro atoms. The van der Waals surface area contributed by atoms with Crippen molar-refractivity contribution in [3.8, 4) is 0 Å². The van der Waals surface area contributed by atoms with Gasteiger partial charge in [0.05, 0.1) is 5.92 Å². The maximum atomic E-state index is 11.6. The number of nitrogens with zero attached hydrogens (tertiary/aromatic N) is 1. The van der Waals surface area contributed by atoms with Gasteiger partial charge in [0.2, 0.25) is 0 Å². The number of carboxylic acid groups (broad SMARTS) is 1. The number of aliphatic carboxylic acids is 1. The molecule has 2 unspecified atom stereocenters. The number of nitrogens with one attached hydrogen (secondary N) is 1. The van der Waals surface area contributed by atoms with Crippen LogP contribution in [0.4, 0.5) is 4.79 Å². The predicted molar refractivity (Wildman–Crippen MR) is 63.6 cm³/mol. The number of carboxylic acids is 1. The highest BCUT2D eigenvalue weighted by Gasteiger charge is 2.23. The topological polar surface area (TPSA) is 95.7 Å². The summed E-state index contributed by atoms with van der Waals surface area (Å²) in [5.41, 5.74) is 5.70. The number of nitrogens with two attached hydrogens (primary N) is 1. The molecule has 1 heterocycles. The molecule has 0 saturated carbocycles. The number of hydrogen-bond donors (Lipinski definition) is 3. The number of urea groups is 1. The first-order valence-electron chi connectivity index (χ1n) is 6.02. The third-order valence-electron chi connectivity index (χ3n) is 3.02. The molecule has 0 aromatic carbocycles. The summed E-state index contributed by atoms with van der Waals surface area (Å²) in [5, 5.41) is 11.5. The minimum absolute atomic E-state index is 0.0905. The SMILES string of the molecule is CC(CCCNC(=O)N1CCC(N)C1)C(=O)O. The Hall–Kier alpha value is -1.30. The summed E-state index contributed by atoms with van der Waals surface area (Å²) in [6, 6.07) is -0.00582. The van der Waals surface area contributed by atoms with E-state index in [4.69, 9.17) is 10.8 Å². The summed E-state index contributed by atoms with van der Waals surface area (Å²) in [5.74, 6) is -1.14. The van der Waals surface area contributed by atoms with E-state index in [1.807, 2.05) is 0 Å². The molecule has 0 aliphatic carbocycles. The van der Waals surface area contributed by atoms with Crippen LogP contribution in [-0.4, -0.2) is 47.7 Å². The maximum absolute atomic E-state index is 11.6. The molecule has 6 nitrogen and oxygen atoms in total. The fourth-order valence-electron chi connectivity index (χ4n) is 1.81. The molecule has 0 aromatic heterocycles. The maximum Gasteiger partial charge on any atom is 0.317 e. The average Bonchev–Trinajstić information content (AvgIpc) is 2.70. The van der Waals surface area contributed by atoms with Crippen LogP contribution in [0.5, 0.6) is 0 Å². The minimum Gasteiger partial charge on any atom is -0.481 e. The summed E-state index contributed by atoms with van der Waals surface area (Å²) in [7, 11) is 0. The first kappa shape index (κ1) is 13.8. The molecule has 0 radical (unpaired) electrons. The molecule has 0 bridgehead atoms. The van der Waals surface area contributed by atoms with Gasteiger partial charge >= 0.3 is 12.0 Å². The zero-order chi connectivity index (χ0) is 12.8. The van der Waals surface area contributed by atoms with Crippen molar-refractivity contribution in [2.24, 2.45) is 11.7 Å². The van der Waals surface area contributed by atoms with Crippen LogP contribution >= 0.6 is 0 Å². The lowest BCUT2D eigenvalue weighted by Gasteiger charge is -2.16. The molecule has 4 N–H and O–H groups in total. The first-order chi connectivity index (χ1) is 8.00. The molecular formula is C11H21N3O3. The summed E-state index contributed by atoms with van der Waals surface area (Å²) in [6.07, 6.45) is 2.11. The fourth-order valence-corrected chi connectivity index (χ4v) is 1.81. The molecule has 2 amide bonds. The van der Waals surface area contributed by atoms with Crippen LogP contribution in [0, 0.1) is 5.92 Å². The van der Waals surface area contributed by atoms with Gasteiger partial charge in [0.15, 0.2) is 0 Å². The van der Waals surface area contributed by atoms with Crippen LogP contribution in [0.1, 0.15) is 26.2 Å². The highest BCUT2D eigenvalue weighted by Crippen LogP contribution is 2.07. The van der Waals surface area contributed by atoms with E-state index >= 15 is 0 Å². The third-order valence-corrected chi connectivity index (χ3v) is 3.02. The van der Waals surface area contributed by atoms with Crippen molar-refractivity contribution >= 4 is 12.0 Å². The second-order valence-corrected chi connectivity index (χ2v) is 4.61. The van der Waals surface area contributed by atoms with Gasteiger partial charge in [-0.1, -0.05) is 6.92 Å². The van der Waals surface area contributed by atoms with Crippen LogP contribution in [0.3, 0.4) is 0 Å². The zero-order valence-electron chi connectivity index (χ0n) is 10.2. The fraction of sp³-hybridized carbons (Fsp3) is 0.818. The lowest BCUT2D eigenvalue weighted by molar-refractivity contribution is -0.141. The van der Waals surface area contributed by atoms with E-state index in [-0.39, 0.29) is 18.0 Å². The van der Waals surface area contributed by atoms with Crippen molar-refractivity contribution in [1.29, 1.82) is 0 Å². The van der Waals surface area contributed by atoms with Gasteiger partial charge in [0.1, 0.15) is 0 Å². The van der Waals surface area contributed by atoms with E-state index in [1.165, 1.54) is 0 Å². The Bertz CT molecular complexity index is 283. The zero-order valence-corrected chi connectivity index (χ0v) is 10.2. The Kier molecular flexibility index (Phi) is 5.21. The van der Waals surface area contributed by atoms with Gasteiger partial charge in [-0.25, -0.2) is 4.79 Å². The summed E-state index contributed by atoms with van der Waals surface area (Å²) >= 11 is 0. The molecule has 1 saturated heterocycles. The van der Waals surface area contributed by atoms with Crippen molar-refractivity contribution < 1.29 is 14.7 Å². The molecular weight excluding hydrogens is 222 g/mol. The third kappa shape index (κ3) is 4.60. The van der Waals surface area contributed by atoms with Gasteiger partial charge in [-0.05, 0) is 19.3 Å². The second kappa shape index (κ2) is 6.44. The number of amides is 2. The van der Waals surface area contributed by atoms with Crippen molar-refractivity contribution in [2.75, 3.05) is 19.6 Å². The van der Waals surface area contributed by atoms with Crippen LogP contribution in [0.15, 0.2) is 0 Å². The van der Waals surface area contributed by atoms with Crippen LogP contribution in [0.25, 0.3) is 0 Å². The van der Waals surface area contributed by atoms with Gasteiger partial charge in [-0.15, -0.1) is 0 Å². The van der Waals surface area contributed by atoms with Crippen LogP contribution < -0.4 is 11.1 Å². The molecule has 17 heavy (non-hydrogen) atoms. The first-order valence-corrected chi connectivity index (χ1v) is 6.02. The van der Waals surface area contributed by atoms with Gasteiger partial charge in [-0.2, -0.15) is 0 Å². The number of likely N-dealkylation sites (tertiary alicyclic amines) is 1. The smallest absolute Gasteiger partial charge is 0.317 e. The van der Waals surface area contributed by atoms with E-state index in [1.54, 1.807) is 11.8 Å². The summed E-state index contributed by atoms with van der Waals surface area (Å²) in [4.78, 5) is 23.9. The molecule has 1 fully saturated rings. The number of carbonyl (C=O) groups excluding carboxylic acids is 1. The molecule has 1 rings (SSSR count). The monoisotopic (exact) mass is 243 g/mol. The van der Waals surface area contributed by atoms with Gasteiger partial charge in [0, 0.05) is 25.7 Å². The molecule has 98 valence electrons. The van der Waals surface area contributed by atoms with E-state index in [9.17, 15) is 9.59 Å². The van der Waals surface area contributed by atoms with Crippen molar-refractivity contribution in [3.63, 3.8) is 0 Å². The summed E-state index contributed by atoms with van der Waals surface area (Å²) in [6.45, 7) is 3.50. The lowest BCUT2D eigenvalue weighted by atomic mass is 10.1. The second-order valence-electron chi connectivity index (χ2n) is 4.61. The molecule has 1 aliphatic heterocycles. The quantitative estimate of drug-likeness (QED) is 0.602. The number of hydrogen-bond acceptors (Lipinski definition) is 3. The molecule has 2 atom stereocenters. The average molecular weight is 243 g/mol. The molecule has 0 aromatic rings. The van der Waals surface area contributed by atoms with Crippen LogP contribution in [0.2, 0.25) is 0 Å². The van der Waals surface area contributed by atoms with Gasteiger partial charge in [-0.3, -0.25) is 4.79 Å². The number of rotatable bonds is 5. The molecule has 1 aliphatic rings. The van der Waals surface area contributed by atoms with E-state index < -0.39 is 5.97 Å². The Morgan fingerprint density at radius 1 is 1.59 bits per heavy atom. The Morgan fingerprint density at radius 3 is 2.82 bits per heavy atom. The highest BCUT2D eigenvalue weighted by atomic mass is 16.4. The minimum atomic E-state index is -0.790. The van der Waals surface area contributed by atoms with E-state index in [0.29, 0.717) is 32.5 Å². The van der Waals surface area contributed by atoms with E-state index in [0.717, 1.165) is 6.42 Å². The normalized spacial score (nSPS) is 21.3.